The van der Waals surface area contributed by atoms with E-state index >= 15 is 0 Å². The minimum absolute atomic E-state index is 0.144. The van der Waals surface area contributed by atoms with Crippen LogP contribution < -0.4 is 19.1 Å². The average Bonchev–Trinajstić information content (AvgIpc) is 3.49. The first-order chi connectivity index (χ1) is 18.1. The van der Waals surface area contributed by atoms with Gasteiger partial charge in [0.2, 0.25) is 0 Å². The van der Waals surface area contributed by atoms with Gasteiger partial charge in [0.25, 0.3) is 5.91 Å². The number of anilines is 1. The number of benzene rings is 2. The van der Waals surface area contributed by atoms with Gasteiger partial charge in [0, 0.05) is 45.8 Å². The molecule has 8 heteroatoms. The molecule has 2 saturated heterocycles. The van der Waals surface area contributed by atoms with Crippen LogP contribution in [0.1, 0.15) is 24.8 Å². The highest BCUT2D eigenvalue weighted by Gasteiger charge is 2.22. The topological polar surface area (TPSA) is 78.3 Å². The van der Waals surface area contributed by atoms with Gasteiger partial charge in [0.1, 0.15) is 17.4 Å². The Bertz CT molecular complexity index is 1130. The summed E-state index contributed by atoms with van der Waals surface area (Å²) in [6.45, 7) is 6.82. The third-order valence-electron chi connectivity index (χ3n) is 6.92. The van der Waals surface area contributed by atoms with Crippen molar-refractivity contribution in [3.05, 3.63) is 53.6 Å². The molecule has 8 nitrogen and oxygen atoms in total. The normalized spacial score (nSPS) is 16.4. The van der Waals surface area contributed by atoms with Crippen molar-refractivity contribution in [3.63, 3.8) is 0 Å². The number of ether oxygens (including phenoxy) is 3. The lowest BCUT2D eigenvalue weighted by Gasteiger charge is -2.36. The van der Waals surface area contributed by atoms with Crippen molar-refractivity contribution in [1.29, 1.82) is 5.26 Å². The molecule has 0 aromatic heterocycles. The summed E-state index contributed by atoms with van der Waals surface area (Å²) < 4.78 is 17.1. The van der Waals surface area contributed by atoms with Gasteiger partial charge < -0.3 is 24.0 Å². The molecule has 4 rings (SSSR count). The molecular formula is C29H36N4O4. The zero-order chi connectivity index (χ0) is 26.0. The second kappa shape index (κ2) is 13.0. The number of para-hydroxylation sites is 2. The highest BCUT2D eigenvalue weighted by atomic mass is 16.5. The van der Waals surface area contributed by atoms with Crippen molar-refractivity contribution >= 4 is 17.7 Å². The van der Waals surface area contributed by atoms with Gasteiger partial charge in [0.05, 0.1) is 26.5 Å². The molecule has 2 aliphatic heterocycles. The third kappa shape index (κ3) is 6.75. The number of hydrogen-bond acceptors (Lipinski definition) is 7. The first-order valence-corrected chi connectivity index (χ1v) is 12.9. The fourth-order valence-corrected chi connectivity index (χ4v) is 4.87. The van der Waals surface area contributed by atoms with E-state index in [1.165, 1.54) is 0 Å². The fraction of sp³-hybridized carbons (Fsp3) is 0.448. The Hall–Kier alpha value is -3.70. The van der Waals surface area contributed by atoms with Crippen LogP contribution in [-0.2, 0) is 4.79 Å². The Morgan fingerprint density at radius 1 is 0.946 bits per heavy atom. The van der Waals surface area contributed by atoms with Crippen molar-refractivity contribution in [2.45, 2.75) is 19.3 Å². The van der Waals surface area contributed by atoms with Crippen molar-refractivity contribution in [2.24, 2.45) is 0 Å². The molecule has 0 N–H and O–H groups in total. The van der Waals surface area contributed by atoms with Gasteiger partial charge in [0.15, 0.2) is 11.5 Å². The fourth-order valence-electron chi connectivity index (χ4n) is 4.87. The van der Waals surface area contributed by atoms with Crippen LogP contribution in [0.15, 0.2) is 48.0 Å². The first-order valence-electron chi connectivity index (χ1n) is 12.9. The largest absolute Gasteiger partial charge is 0.495 e. The molecule has 0 atom stereocenters. The number of methoxy groups -OCH3 is 2. The highest BCUT2D eigenvalue weighted by molar-refractivity contribution is 6.01. The first kappa shape index (κ1) is 26.4. The number of amides is 1. The lowest BCUT2D eigenvalue weighted by Crippen LogP contribution is -2.46. The monoisotopic (exact) mass is 504 g/mol. The molecule has 0 saturated carbocycles. The summed E-state index contributed by atoms with van der Waals surface area (Å²) in [5.41, 5.74) is 2.04. The maximum absolute atomic E-state index is 12.6. The van der Waals surface area contributed by atoms with E-state index in [1.807, 2.05) is 36.4 Å². The number of hydrogen-bond donors (Lipinski definition) is 0. The standard InChI is InChI=1S/C29H36N4O4/c1-35-26-9-4-3-8-25(26)32-17-15-31(16-18-32)12-7-19-37-28-21-23(10-11-27(28)36-2)20-24(22-30)29(34)33-13-5-6-14-33/h3-4,8-11,20-21H,5-7,12-19H2,1-2H3/b24-20+. The van der Waals surface area contributed by atoms with E-state index in [0.717, 1.165) is 69.0 Å². The van der Waals surface area contributed by atoms with E-state index in [1.54, 1.807) is 25.2 Å². The second-order valence-electron chi connectivity index (χ2n) is 9.28. The summed E-state index contributed by atoms with van der Waals surface area (Å²) in [6, 6.07) is 15.7. The summed E-state index contributed by atoms with van der Waals surface area (Å²) in [5, 5.41) is 9.56. The summed E-state index contributed by atoms with van der Waals surface area (Å²) in [6.07, 6.45) is 4.49. The minimum Gasteiger partial charge on any atom is -0.495 e. The van der Waals surface area contributed by atoms with Gasteiger partial charge in [-0.05, 0) is 55.2 Å². The number of piperazine rings is 1. The molecule has 2 aromatic rings. The summed E-state index contributed by atoms with van der Waals surface area (Å²) in [4.78, 5) is 19.2. The van der Waals surface area contributed by atoms with Crippen molar-refractivity contribution < 1.29 is 19.0 Å². The molecule has 37 heavy (non-hydrogen) atoms. The Kier molecular flexibility index (Phi) is 9.28. The summed E-state index contributed by atoms with van der Waals surface area (Å²) in [7, 11) is 3.32. The molecule has 0 radical (unpaired) electrons. The molecule has 2 heterocycles. The van der Waals surface area contributed by atoms with Crippen LogP contribution >= 0.6 is 0 Å². The maximum atomic E-state index is 12.6. The zero-order valence-electron chi connectivity index (χ0n) is 21.8. The SMILES string of the molecule is COc1ccc(/C=C(\C#N)C(=O)N2CCCC2)cc1OCCCN1CCN(c2ccccc2OC)CC1. The molecule has 2 fully saturated rings. The van der Waals surface area contributed by atoms with Crippen LogP contribution in [0, 0.1) is 11.3 Å². The van der Waals surface area contributed by atoms with Gasteiger partial charge in [-0.25, -0.2) is 0 Å². The molecule has 0 aliphatic carbocycles. The van der Waals surface area contributed by atoms with Gasteiger partial charge in [-0.15, -0.1) is 0 Å². The summed E-state index contributed by atoms with van der Waals surface area (Å²) >= 11 is 0. The number of rotatable bonds is 10. The van der Waals surface area contributed by atoms with Crippen LogP contribution in [0.5, 0.6) is 17.2 Å². The molecule has 1 amide bonds. The number of carbonyl (C=O) groups is 1. The molecule has 0 spiro atoms. The van der Waals surface area contributed by atoms with Gasteiger partial charge in [-0.3, -0.25) is 9.69 Å². The Balaban J connectivity index is 1.28. The summed E-state index contributed by atoms with van der Waals surface area (Å²) in [5.74, 6) is 1.96. The van der Waals surface area contributed by atoms with Crippen LogP contribution in [0.2, 0.25) is 0 Å². The van der Waals surface area contributed by atoms with E-state index < -0.39 is 0 Å². The molecule has 2 aromatic carbocycles. The quantitative estimate of drug-likeness (QED) is 0.277. The highest BCUT2D eigenvalue weighted by Crippen LogP contribution is 2.30. The predicted molar refractivity (Wildman–Crippen MR) is 144 cm³/mol. The van der Waals surface area contributed by atoms with Crippen molar-refractivity contribution in [3.8, 4) is 23.3 Å². The van der Waals surface area contributed by atoms with E-state index in [9.17, 15) is 10.1 Å². The van der Waals surface area contributed by atoms with Crippen LogP contribution in [-0.4, -0.2) is 82.3 Å². The molecular weight excluding hydrogens is 468 g/mol. The Labute approximate surface area is 219 Å². The molecule has 196 valence electrons. The predicted octanol–water partition coefficient (Wildman–Crippen LogP) is 3.82. The zero-order valence-corrected chi connectivity index (χ0v) is 21.8. The second-order valence-corrected chi connectivity index (χ2v) is 9.28. The number of nitrogens with zero attached hydrogens (tertiary/aromatic N) is 4. The molecule has 2 aliphatic rings. The number of nitriles is 1. The van der Waals surface area contributed by atoms with Gasteiger partial charge >= 0.3 is 0 Å². The lowest BCUT2D eigenvalue weighted by atomic mass is 10.1. The van der Waals surface area contributed by atoms with E-state index in [-0.39, 0.29) is 11.5 Å². The Morgan fingerprint density at radius 3 is 2.38 bits per heavy atom. The van der Waals surface area contributed by atoms with Crippen LogP contribution in [0.3, 0.4) is 0 Å². The smallest absolute Gasteiger partial charge is 0.264 e. The lowest BCUT2D eigenvalue weighted by molar-refractivity contribution is -0.125. The van der Waals surface area contributed by atoms with Crippen LogP contribution in [0.25, 0.3) is 6.08 Å². The molecule has 0 bridgehead atoms. The minimum atomic E-state index is -0.205. The average molecular weight is 505 g/mol. The number of carbonyl (C=O) groups excluding carboxylic acids is 1. The third-order valence-corrected chi connectivity index (χ3v) is 6.92. The maximum Gasteiger partial charge on any atom is 0.264 e. The van der Waals surface area contributed by atoms with Crippen molar-refractivity contribution in [2.75, 3.05) is 71.5 Å². The number of likely N-dealkylation sites (tertiary alicyclic amines) is 1. The van der Waals surface area contributed by atoms with E-state index in [4.69, 9.17) is 14.2 Å². The van der Waals surface area contributed by atoms with Crippen molar-refractivity contribution in [1.82, 2.24) is 9.80 Å². The van der Waals surface area contributed by atoms with Crippen LogP contribution in [0.4, 0.5) is 5.69 Å². The molecule has 0 unspecified atom stereocenters. The van der Waals surface area contributed by atoms with E-state index in [2.05, 4.69) is 21.9 Å². The van der Waals surface area contributed by atoms with E-state index in [0.29, 0.717) is 31.2 Å². The van der Waals surface area contributed by atoms with Gasteiger partial charge in [-0.1, -0.05) is 18.2 Å². The van der Waals surface area contributed by atoms with Gasteiger partial charge in [-0.2, -0.15) is 5.26 Å². The Morgan fingerprint density at radius 2 is 1.68 bits per heavy atom.